The van der Waals surface area contributed by atoms with Crippen LogP contribution >= 0.6 is 0 Å². The van der Waals surface area contributed by atoms with E-state index < -0.39 is 5.60 Å². The highest BCUT2D eigenvalue weighted by Gasteiger charge is 2.43. The van der Waals surface area contributed by atoms with Crippen molar-refractivity contribution in [3.63, 3.8) is 0 Å². The van der Waals surface area contributed by atoms with Crippen molar-refractivity contribution in [2.45, 2.75) is 51.0 Å². The summed E-state index contributed by atoms with van der Waals surface area (Å²) in [7, 11) is 0. The summed E-state index contributed by atoms with van der Waals surface area (Å²) >= 11 is 0. The summed E-state index contributed by atoms with van der Waals surface area (Å²) in [6.07, 6.45) is 6.40. The van der Waals surface area contributed by atoms with E-state index in [-0.39, 0.29) is 0 Å². The molecular weight excluding hydrogens is 214 g/mol. The van der Waals surface area contributed by atoms with Crippen molar-refractivity contribution in [3.8, 4) is 0 Å². The van der Waals surface area contributed by atoms with Gasteiger partial charge in [0.15, 0.2) is 5.96 Å². The Morgan fingerprint density at radius 3 is 3.06 bits per heavy atom. The lowest BCUT2D eigenvalue weighted by atomic mass is 9.71. The van der Waals surface area contributed by atoms with Crippen molar-refractivity contribution < 1.29 is 5.11 Å². The minimum absolute atomic E-state index is 0.389. The van der Waals surface area contributed by atoms with Crippen LogP contribution in [0.1, 0.15) is 45.4 Å². The molecule has 2 unspecified atom stereocenters. The Bertz CT molecular complexity index is 292. The molecule has 17 heavy (non-hydrogen) atoms. The lowest BCUT2D eigenvalue weighted by molar-refractivity contribution is -0.0841. The SMILES string of the molecule is CCCN=C(N)N1CCC2(O)CCCCC2C1. The lowest BCUT2D eigenvalue weighted by Crippen LogP contribution is -2.56. The van der Waals surface area contributed by atoms with Gasteiger partial charge in [0.05, 0.1) is 5.60 Å². The molecule has 0 spiro atoms. The van der Waals surface area contributed by atoms with Gasteiger partial charge in [-0.15, -0.1) is 0 Å². The molecule has 1 heterocycles. The fourth-order valence-corrected chi connectivity index (χ4v) is 3.11. The minimum atomic E-state index is -0.417. The van der Waals surface area contributed by atoms with E-state index >= 15 is 0 Å². The first-order valence-electron chi connectivity index (χ1n) is 6.93. The van der Waals surface area contributed by atoms with Gasteiger partial charge in [0.1, 0.15) is 0 Å². The van der Waals surface area contributed by atoms with Gasteiger partial charge in [0.25, 0.3) is 0 Å². The van der Waals surface area contributed by atoms with Crippen LogP contribution in [0.15, 0.2) is 4.99 Å². The van der Waals surface area contributed by atoms with Crippen LogP contribution in [0.2, 0.25) is 0 Å². The molecule has 1 aliphatic carbocycles. The van der Waals surface area contributed by atoms with Crippen LogP contribution in [-0.2, 0) is 0 Å². The highest BCUT2D eigenvalue weighted by Crippen LogP contribution is 2.39. The van der Waals surface area contributed by atoms with Crippen LogP contribution in [0.25, 0.3) is 0 Å². The van der Waals surface area contributed by atoms with Gasteiger partial charge in [0.2, 0.25) is 0 Å². The topological polar surface area (TPSA) is 61.8 Å². The van der Waals surface area contributed by atoms with Gasteiger partial charge in [-0.1, -0.05) is 19.8 Å². The summed E-state index contributed by atoms with van der Waals surface area (Å²) in [6, 6.07) is 0. The monoisotopic (exact) mass is 239 g/mol. The number of guanidine groups is 1. The number of aliphatic hydroxyl groups is 1. The Morgan fingerprint density at radius 2 is 2.29 bits per heavy atom. The van der Waals surface area contributed by atoms with Gasteiger partial charge in [-0.3, -0.25) is 4.99 Å². The molecule has 2 aliphatic rings. The molecule has 1 saturated heterocycles. The first-order valence-corrected chi connectivity index (χ1v) is 6.93. The summed E-state index contributed by atoms with van der Waals surface area (Å²) in [5.74, 6) is 1.06. The highest BCUT2D eigenvalue weighted by molar-refractivity contribution is 5.78. The van der Waals surface area contributed by atoms with Crippen molar-refractivity contribution in [2.24, 2.45) is 16.6 Å². The molecule has 2 fully saturated rings. The number of hydrogen-bond acceptors (Lipinski definition) is 2. The average molecular weight is 239 g/mol. The smallest absolute Gasteiger partial charge is 0.191 e. The molecule has 0 aromatic carbocycles. The van der Waals surface area contributed by atoms with Crippen LogP contribution in [0.5, 0.6) is 0 Å². The molecule has 0 amide bonds. The molecular formula is C13H25N3O. The van der Waals surface area contributed by atoms with Gasteiger partial charge in [0, 0.05) is 25.6 Å². The summed E-state index contributed by atoms with van der Waals surface area (Å²) in [5, 5.41) is 10.6. The van der Waals surface area contributed by atoms with E-state index in [1.165, 1.54) is 12.8 Å². The molecule has 0 radical (unpaired) electrons. The highest BCUT2D eigenvalue weighted by atomic mass is 16.3. The third-order valence-corrected chi connectivity index (χ3v) is 4.25. The molecule has 98 valence electrons. The van der Waals surface area contributed by atoms with Gasteiger partial charge in [-0.2, -0.15) is 0 Å². The average Bonchev–Trinajstić information content (AvgIpc) is 2.34. The number of rotatable bonds is 2. The normalized spacial score (nSPS) is 34.6. The Morgan fingerprint density at radius 1 is 1.47 bits per heavy atom. The van der Waals surface area contributed by atoms with Crippen LogP contribution in [0, 0.1) is 5.92 Å². The molecule has 1 saturated carbocycles. The second-order valence-corrected chi connectivity index (χ2v) is 5.48. The lowest BCUT2D eigenvalue weighted by Gasteiger charge is -2.47. The van der Waals surface area contributed by atoms with Gasteiger partial charge >= 0.3 is 0 Å². The molecule has 2 rings (SSSR count). The second-order valence-electron chi connectivity index (χ2n) is 5.48. The predicted octanol–water partition coefficient (Wildman–Crippen LogP) is 1.34. The standard InChI is InChI=1S/C13H25N3O/c1-2-8-15-12(14)16-9-7-13(17)6-4-3-5-11(13)10-16/h11,17H,2-10H2,1H3,(H2,14,15). The number of hydrogen-bond donors (Lipinski definition) is 2. The number of piperidine rings is 1. The van der Waals surface area contributed by atoms with Crippen LogP contribution in [-0.4, -0.2) is 41.2 Å². The second kappa shape index (κ2) is 5.25. The molecule has 0 aromatic rings. The van der Waals surface area contributed by atoms with Gasteiger partial charge < -0.3 is 15.7 Å². The minimum Gasteiger partial charge on any atom is -0.389 e. The third kappa shape index (κ3) is 2.73. The number of nitrogens with two attached hydrogens (primary N) is 1. The molecule has 4 nitrogen and oxygen atoms in total. The number of aliphatic imine (C=N–C) groups is 1. The Labute approximate surface area is 104 Å². The van der Waals surface area contributed by atoms with E-state index in [2.05, 4.69) is 16.8 Å². The van der Waals surface area contributed by atoms with Crippen molar-refractivity contribution in [2.75, 3.05) is 19.6 Å². The van der Waals surface area contributed by atoms with Crippen molar-refractivity contribution in [1.29, 1.82) is 0 Å². The first-order chi connectivity index (χ1) is 8.15. The number of nitrogens with zero attached hydrogens (tertiary/aromatic N) is 2. The zero-order valence-electron chi connectivity index (χ0n) is 10.9. The molecule has 0 bridgehead atoms. The maximum atomic E-state index is 10.6. The number of likely N-dealkylation sites (tertiary alicyclic amines) is 1. The van der Waals surface area contributed by atoms with Crippen molar-refractivity contribution in [1.82, 2.24) is 4.90 Å². The van der Waals surface area contributed by atoms with E-state index in [0.29, 0.717) is 11.9 Å². The first kappa shape index (κ1) is 12.7. The zero-order chi connectivity index (χ0) is 12.3. The zero-order valence-corrected chi connectivity index (χ0v) is 10.9. The Kier molecular flexibility index (Phi) is 3.92. The van der Waals surface area contributed by atoms with Crippen molar-refractivity contribution >= 4 is 5.96 Å². The summed E-state index contributed by atoms with van der Waals surface area (Å²) in [5.41, 5.74) is 5.58. The van der Waals surface area contributed by atoms with Crippen molar-refractivity contribution in [3.05, 3.63) is 0 Å². The maximum absolute atomic E-state index is 10.6. The van der Waals surface area contributed by atoms with Crippen LogP contribution in [0.4, 0.5) is 0 Å². The molecule has 4 heteroatoms. The van der Waals surface area contributed by atoms with E-state index in [1.807, 2.05) is 0 Å². The predicted molar refractivity (Wildman–Crippen MR) is 69.9 cm³/mol. The Hall–Kier alpha value is -0.770. The van der Waals surface area contributed by atoms with Gasteiger partial charge in [-0.25, -0.2) is 0 Å². The molecule has 3 N–H and O–H groups in total. The third-order valence-electron chi connectivity index (χ3n) is 4.25. The van der Waals surface area contributed by atoms with E-state index in [9.17, 15) is 5.11 Å². The molecule has 0 aromatic heterocycles. The van der Waals surface area contributed by atoms with E-state index in [0.717, 1.165) is 45.3 Å². The Balaban J connectivity index is 1.97. The van der Waals surface area contributed by atoms with E-state index in [4.69, 9.17) is 5.73 Å². The molecule has 1 aliphatic heterocycles. The van der Waals surface area contributed by atoms with Gasteiger partial charge in [-0.05, 0) is 25.7 Å². The summed E-state index contributed by atoms with van der Waals surface area (Å²) in [6.45, 7) is 4.64. The number of fused-ring (bicyclic) bond motifs is 1. The largest absolute Gasteiger partial charge is 0.389 e. The maximum Gasteiger partial charge on any atom is 0.191 e. The van der Waals surface area contributed by atoms with E-state index in [1.54, 1.807) is 0 Å². The summed E-state index contributed by atoms with van der Waals surface area (Å²) in [4.78, 5) is 6.52. The fourth-order valence-electron chi connectivity index (χ4n) is 3.11. The fraction of sp³-hybridized carbons (Fsp3) is 0.923. The molecule has 2 atom stereocenters. The summed E-state index contributed by atoms with van der Waals surface area (Å²) < 4.78 is 0. The van der Waals surface area contributed by atoms with Crippen LogP contribution in [0.3, 0.4) is 0 Å². The quantitative estimate of drug-likeness (QED) is 0.564. The van der Waals surface area contributed by atoms with Crippen LogP contribution < -0.4 is 5.73 Å².